The van der Waals surface area contributed by atoms with Crippen molar-refractivity contribution in [2.45, 2.75) is 19.5 Å². The summed E-state index contributed by atoms with van der Waals surface area (Å²) in [6.07, 6.45) is -2.82. The van der Waals surface area contributed by atoms with Crippen LogP contribution in [0.15, 0.2) is 35.0 Å². The second-order valence-corrected chi connectivity index (χ2v) is 4.09. The van der Waals surface area contributed by atoms with E-state index in [2.05, 4.69) is 5.16 Å². The summed E-state index contributed by atoms with van der Waals surface area (Å²) in [7, 11) is 0. The number of hydrogen-bond acceptors (Lipinski definition) is 3. The minimum absolute atomic E-state index is 0.192. The molecular weight excluding hydrogens is 259 g/mol. The third kappa shape index (κ3) is 3.01. The van der Waals surface area contributed by atoms with E-state index < -0.39 is 11.7 Å². The van der Waals surface area contributed by atoms with E-state index in [0.29, 0.717) is 16.9 Å². The Bertz CT molecular complexity index is 585. The van der Waals surface area contributed by atoms with E-state index in [4.69, 9.17) is 4.52 Å². The van der Waals surface area contributed by atoms with Gasteiger partial charge in [-0.2, -0.15) is 13.2 Å². The first-order valence-electron chi connectivity index (χ1n) is 5.48. The molecule has 0 N–H and O–H groups in total. The number of alkyl halides is 3. The van der Waals surface area contributed by atoms with E-state index in [9.17, 15) is 18.0 Å². The van der Waals surface area contributed by atoms with Gasteiger partial charge in [0.2, 0.25) is 0 Å². The number of ketones is 1. The number of rotatable bonds is 3. The van der Waals surface area contributed by atoms with Gasteiger partial charge in [-0.3, -0.25) is 4.79 Å². The molecule has 0 aliphatic heterocycles. The highest BCUT2D eigenvalue weighted by atomic mass is 19.4. The van der Waals surface area contributed by atoms with Crippen molar-refractivity contribution in [3.8, 4) is 0 Å². The van der Waals surface area contributed by atoms with E-state index >= 15 is 0 Å². The molecule has 0 saturated carbocycles. The Morgan fingerprint density at radius 3 is 2.42 bits per heavy atom. The number of carbonyl (C=O) groups is 1. The molecule has 2 aromatic rings. The molecule has 1 aromatic heterocycles. The van der Waals surface area contributed by atoms with Crippen molar-refractivity contribution in [2.24, 2.45) is 0 Å². The van der Waals surface area contributed by atoms with Gasteiger partial charge < -0.3 is 4.52 Å². The molecular formula is C13H10F3NO2. The molecule has 1 aromatic carbocycles. The summed E-state index contributed by atoms with van der Waals surface area (Å²) >= 11 is 0. The lowest BCUT2D eigenvalue weighted by atomic mass is 10.0. The van der Waals surface area contributed by atoms with Crippen molar-refractivity contribution in [1.82, 2.24) is 5.16 Å². The standard InChI is InChI=1S/C13H10F3NO2/c1-8(18)11-7-17-19-12(11)6-9-2-4-10(5-3-9)13(14,15)16/h2-5,7H,6H2,1H3. The summed E-state index contributed by atoms with van der Waals surface area (Å²) < 4.78 is 42.1. The van der Waals surface area contributed by atoms with E-state index in [0.717, 1.165) is 12.1 Å². The smallest absolute Gasteiger partial charge is 0.360 e. The fourth-order valence-corrected chi connectivity index (χ4v) is 1.68. The highest BCUT2D eigenvalue weighted by Gasteiger charge is 2.30. The normalized spacial score (nSPS) is 11.6. The maximum absolute atomic E-state index is 12.4. The molecule has 0 saturated heterocycles. The first-order valence-corrected chi connectivity index (χ1v) is 5.48. The van der Waals surface area contributed by atoms with Crippen LogP contribution in [0.4, 0.5) is 13.2 Å². The third-order valence-corrected chi connectivity index (χ3v) is 2.67. The Morgan fingerprint density at radius 1 is 1.26 bits per heavy atom. The molecule has 0 fully saturated rings. The van der Waals surface area contributed by atoms with Gasteiger partial charge in [0.25, 0.3) is 0 Å². The largest absolute Gasteiger partial charge is 0.416 e. The van der Waals surface area contributed by atoms with Crippen molar-refractivity contribution in [3.63, 3.8) is 0 Å². The van der Waals surface area contributed by atoms with Crippen LogP contribution >= 0.6 is 0 Å². The topological polar surface area (TPSA) is 43.1 Å². The lowest BCUT2D eigenvalue weighted by molar-refractivity contribution is -0.137. The van der Waals surface area contributed by atoms with Crippen molar-refractivity contribution < 1.29 is 22.5 Å². The number of Topliss-reactive ketones (excluding diaryl/α,β-unsaturated/α-hetero) is 1. The molecule has 0 bridgehead atoms. The number of carbonyl (C=O) groups excluding carboxylic acids is 1. The zero-order chi connectivity index (χ0) is 14.0. The summed E-state index contributed by atoms with van der Waals surface area (Å²) in [6, 6.07) is 4.71. The number of halogens is 3. The van der Waals surface area contributed by atoms with E-state index in [1.165, 1.54) is 25.3 Å². The predicted molar refractivity (Wildman–Crippen MR) is 60.8 cm³/mol. The van der Waals surface area contributed by atoms with Crippen molar-refractivity contribution in [3.05, 3.63) is 52.9 Å². The number of aromatic nitrogens is 1. The second kappa shape index (κ2) is 4.87. The van der Waals surface area contributed by atoms with Crippen LogP contribution in [0.3, 0.4) is 0 Å². The molecule has 0 unspecified atom stereocenters. The van der Waals surface area contributed by atoms with Crippen LogP contribution in [0.1, 0.15) is 34.2 Å². The maximum Gasteiger partial charge on any atom is 0.416 e. The Kier molecular flexibility index (Phi) is 3.42. The van der Waals surface area contributed by atoms with Crippen LogP contribution in [-0.4, -0.2) is 10.9 Å². The zero-order valence-corrected chi connectivity index (χ0v) is 9.99. The van der Waals surface area contributed by atoms with Gasteiger partial charge in [0.1, 0.15) is 0 Å². The van der Waals surface area contributed by atoms with Crippen LogP contribution in [0.25, 0.3) is 0 Å². The average Bonchev–Trinajstić information content (AvgIpc) is 2.77. The van der Waals surface area contributed by atoms with Crippen LogP contribution < -0.4 is 0 Å². The van der Waals surface area contributed by atoms with E-state index in [1.54, 1.807) is 0 Å². The summed E-state index contributed by atoms with van der Waals surface area (Å²) in [4.78, 5) is 11.3. The molecule has 6 heteroatoms. The van der Waals surface area contributed by atoms with Gasteiger partial charge >= 0.3 is 6.18 Å². The molecule has 3 nitrogen and oxygen atoms in total. The first-order chi connectivity index (χ1) is 8.88. The summed E-state index contributed by atoms with van der Waals surface area (Å²) in [5.41, 5.74) is 0.257. The van der Waals surface area contributed by atoms with Crippen LogP contribution in [0.5, 0.6) is 0 Å². The second-order valence-electron chi connectivity index (χ2n) is 4.09. The third-order valence-electron chi connectivity index (χ3n) is 2.67. The molecule has 1 heterocycles. The first kappa shape index (κ1) is 13.3. The number of nitrogens with zero attached hydrogens (tertiary/aromatic N) is 1. The zero-order valence-electron chi connectivity index (χ0n) is 9.99. The molecule has 0 radical (unpaired) electrons. The highest BCUT2D eigenvalue weighted by Crippen LogP contribution is 2.29. The van der Waals surface area contributed by atoms with Gasteiger partial charge in [-0.05, 0) is 24.6 Å². The molecule has 0 atom stereocenters. The van der Waals surface area contributed by atoms with E-state index in [1.807, 2.05) is 0 Å². The molecule has 2 rings (SSSR count). The molecule has 19 heavy (non-hydrogen) atoms. The molecule has 0 amide bonds. The van der Waals surface area contributed by atoms with Crippen molar-refractivity contribution in [1.29, 1.82) is 0 Å². The molecule has 100 valence electrons. The number of benzene rings is 1. The maximum atomic E-state index is 12.4. The SMILES string of the molecule is CC(=O)c1cnoc1Cc1ccc(C(F)(F)F)cc1. The monoisotopic (exact) mass is 269 g/mol. The van der Waals surface area contributed by atoms with Crippen LogP contribution in [-0.2, 0) is 12.6 Å². The fraction of sp³-hybridized carbons (Fsp3) is 0.231. The molecule has 0 aliphatic carbocycles. The van der Waals surface area contributed by atoms with E-state index in [-0.39, 0.29) is 12.2 Å². The minimum atomic E-state index is -4.35. The van der Waals surface area contributed by atoms with Gasteiger partial charge in [0.15, 0.2) is 11.5 Å². The fourth-order valence-electron chi connectivity index (χ4n) is 1.68. The average molecular weight is 269 g/mol. The molecule has 0 spiro atoms. The Hall–Kier alpha value is -2.11. The summed E-state index contributed by atoms with van der Waals surface area (Å²) in [5.74, 6) is 0.162. The Labute approximate surface area is 107 Å². The van der Waals surface area contributed by atoms with Gasteiger partial charge in [0, 0.05) is 6.42 Å². The van der Waals surface area contributed by atoms with Gasteiger partial charge in [-0.1, -0.05) is 17.3 Å². The van der Waals surface area contributed by atoms with Crippen molar-refractivity contribution >= 4 is 5.78 Å². The summed E-state index contributed by atoms with van der Waals surface area (Å²) in [5, 5.41) is 3.52. The Morgan fingerprint density at radius 2 is 1.89 bits per heavy atom. The number of hydrogen-bond donors (Lipinski definition) is 0. The minimum Gasteiger partial charge on any atom is -0.360 e. The quantitative estimate of drug-likeness (QED) is 0.801. The lowest BCUT2D eigenvalue weighted by Crippen LogP contribution is -2.04. The van der Waals surface area contributed by atoms with Gasteiger partial charge in [-0.15, -0.1) is 0 Å². The molecule has 0 aliphatic rings. The highest BCUT2D eigenvalue weighted by molar-refractivity contribution is 5.94. The van der Waals surface area contributed by atoms with Gasteiger partial charge in [-0.25, -0.2) is 0 Å². The van der Waals surface area contributed by atoms with Crippen molar-refractivity contribution in [2.75, 3.05) is 0 Å². The van der Waals surface area contributed by atoms with Gasteiger partial charge in [0.05, 0.1) is 17.3 Å². The lowest BCUT2D eigenvalue weighted by Gasteiger charge is -2.07. The van der Waals surface area contributed by atoms with Crippen LogP contribution in [0.2, 0.25) is 0 Å². The van der Waals surface area contributed by atoms with Crippen LogP contribution in [0, 0.1) is 0 Å². The summed E-state index contributed by atoms with van der Waals surface area (Å²) in [6.45, 7) is 1.38. The predicted octanol–water partition coefficient (Wildman–Crippen LogP) is 3.49. The Balaban J connectivity index is 2.20.